The first-order valence-corrected chi connectivity index (χ1v) is 7.10. The summed E-state index contributed by atoms with van der Waals surface area (Å²) in [6.45, 7) is 1.90. The van der Waals surface area contributed by atoms with Gasteiger partial charge in [-0.25, -0.2) is 9.37 Å². The average molecular weight is 290 g/mol. The molecule has 5 heteroatoms. The van der Waals surface area contributed by atoms with Gasteiger partial charge in [-0.15, -0.1) is 11.3 Å². The van der Waals surface area contributed by atoms with Crippen LogP contribution in [-0.2, 0) is 4.79 Å². The van der Waals surface area contributed by atoms with Gasteiger partial charge in [0.2, 0.25) is 5.91 Å². The van der Waals surface area contributed by atoms with Gasteiger partial charge < -0.3 is 4.90 Å². The molecule has 20 heavy (non-hydrogen) atoms. The lowest BCUT2D eigenvalue weighted by Crippen LogP contribution is -2.27. The van der Waals surface area contributed by atoms with Crippen molar-refractivity contribution in [2.45, 2.75) is 13.0 Å². The van der Waals surface area contributed by atoms with Crippen LogP contribution >= 0.6 is 11.3 Å². The van der Waals surface area contributed by atoms with Crippen molar-refractivity contribution in [1.82, 2.24) is 9.88 Å². The molecule has 0 saturated carbocycles. The van der Waals surface area contributed by atoms with Crippen molar-refractivity contribution in [3.05, 3.63) is 58.3 Å². The Labute approximate surface area is 121 Å². The lowest BCUT2D eigenvalue weighted by molar-refractivity contribution is -0.126. The largest absolute Gasteiger partial charge is 0.335 e. The molecule has 0 spiro atoms. The van der Waals surface area contributed by atoms with E-state index < -0.39 is 0 Å². The van der Waals surface area contributed by atoms with Crippen molar-refractivity contribution in [3.8, 4) is 0 Å². The standard InChI is InChI=1S/C15H15FN2OS/c1-11(12-3-5-13(16)6-4-12)18(2)15(19)8-7-14-9-20-10-17-14/h3-11H,1-2H3/b8-7+. The molecule has 1 heterocycles. The minimum atomic E-state index is -0.279. The van der Waals surface area contributed by atoms with Gasteiger partial charge in [-0.1, -0.05) is 12.1 Å². The van der Waals surface area contributed by atoms with Gasteiger partial charge >= 0.3 is 0 Å². The smallest absolute Gasteiger partial charge is 0.246 e. The molecule has 3 nitrogen and oxygen atoms in total. The van der Waals surface area contributed by atoms with E-state index in [0.717, 1.165) is 11.3 Å². The fourth-order valence-corrected chi connectivity index (χ4v) is 2.26. The lowest BCUT2D eigenvalue weighted by Gasteiger charge is -2.24. The minimum absolute atomic E-state index is 0.116. The molecule has 0 bridgehead atoms. The van der Waals surface area contributed by atoms with Crippen molar-refractivity contribution in [1.29, 1.82) is 0 Å². The maximum atomic E-state index is 12.9. The zero-order valence-electron chi connectivity index (χ0n) is 11.3. The van der Waals surface area contributed by atoms with Gasteiger partial charge in [-0.3, -0.25) is 4.79 Å². The number of hydrogen-bond acceptors (Lipinski definition) is 3. The van der Waals surface area contributed by atoms with Gasteiger partial charge in [0.05, 0.1) is 17.2 Å². The molecule has 104 valence electrons. The highest BCUT2D eigenvalue weighted by Gasteiger charge is 2.15. The van der Waals surface area contributed by atoms with Crippen LogP contribution in [0.1, 0.15) is 24.2 Å². The molecule has 0 saturated heterocycles. The first kappa shape index (κ1) is 14.4. The third-order valence-corrected chi connectivity index (χ3v) is 3.73. The Morgan fingerprint density at radius 2 is 2.10 bits per heavy atom. The quantitative estimate of drug-likeness (QED) is 0.807. The van der Waals surface area contributed by atoms with Gasteiger partial charge in [-0.05, 0) is 30.7 Å². The van der Waals surface area contributed by atoms with Crippen LogP contribution in [0, 0.1) is 5.82 Å². The van der Waals surface area contributed by atoms with Crippen LogP contribution in [0.25, 0.3) is 6.08 Å². The van der Waals surface area contributed by atoms with Crippen LogP contribution in [0.5, 0.6) is 0 Å². The topological polar surface area (TPSA) is 33.2 Å². The second kappa shape index (κ2) is 6.43. The highest BCUT2D eigenvalue weighted by atomic mass is 32.1. The number of likely N-dealkylation sites (N-methyl/N-ethyl adjacent to an activating group) is 1. The zero-order valence-corrected chi connectivity index (χ0v) is 12.1. The average Bonchev–Trinajstić information content (AvgIpc) is 2.97. The van der Waals surface area contributed by atoms with E-state index in [1.165, 1.54) is 29.5 Å². The second-order valence-electron chi connectivity index (χ2n) is 4.42. The van der Waals surface area contributed by atoms with Crippen LogP contribution < -0.4 is 0 Å². The summed E-state index contributed by atoms with van der Waals surface area (Å²) in [7, 11) is 1.72. The Hall–Kier alpha value is -2.01. The summed E-state index contributed by atoms with van der Waals surface area (Å²) >= 11 is 1.48. The van der Waals surface area contributed by atoms with Gasteiger partial charge in [0, 0.05) is 18.5 Å². The number of aromatic nitrogens is 1. The summed E-state index contributed by atoms with van der Waals surface area (Å²) in [5.41, 5.74) is 3.38. The first-order chi connectivity index (χ1) is 9.58. The molecule has 1 atom stereocenters. The Bertz CT molecular complexity index is 593. The summed E-state index contributed by atoms with van der Waals surface area (Å²) in [6.07, 6.45) is 3.18. The van der Waals surface area contributed by atoms with Crippen LogP contribution in [0.4, 0.5) is 4.39 Å². The van der Waals surface area contributed by atoms with Gasteiger partial charge in [0.15, 0.2) is 0 Å². The van der Waals surface area contributed by atoms with Crippen LogP contribution in [-0.4, -0.2) is 22.8 Å². The third-order valence-electron chi connectivity index (χ3n) is 3.13. The number of nitrogens with zero attached hydrogens (tertiary/aromatic N) is 2. The molecule has 1 aromatic heterocycles. The molecule has 1 aromatic carbocycles. The molecule has 2 rings (SSSR count). The van der Waals surface area contributed by atoms with Crippen LogP contribution in [0.3, 0.4) is 0 Å². The van der Waals surface area contributed by atoms with E-state index in [9.17, 15) is 9.18 Å². The summed E-state index contributed by atoms with van der Waals surface area (Å²) < 4.78 is 12.9. The molecule has 0 radical (unpaired) electrons. The van der Waals surface area contributed by atoms with E-state index in [2.05, 4.69) is 4.98 Å². The zero-order chi connectivity index (χ0) is 14.5. The predicted octanol–water partition coefficient (Wildman–Crippen LogP) is 3.52. The van der Waals surface area contributed by atoms with Gasteiger partial charge in [-0.2, -0.15) is 0 Å². The summed E-state index contributed by atoms with van der Waals surface area (Å²) in [6, 6.07) is 6.05. The van der Waals surface area contributed by atoms with E-state index in [-0.39, 0.29) is 17.8 Å². The van der Waals surface area contributed by atoms with Crippen molar-refractivity contribution in [3.63, 3.8) is 0 Å². The SMILES string of the molecule is CC(c1ccc(F)cc1)N(C)C(=O)/C=C/c1cscn1. The highest BCUT2D eigenvalue weighted by molar-refractivity contribution is 7.07. The van der Waals surface area contributed by atoms with Gasteiger partial charge in [0.1, 0.15) is 5.82 Å². The van der Waals surface area contributed by atoms with E-state index in [1.54, 1.807) is 35.7 Å². The first-order valence-electron chi connectivity index (χ1n) is 6.16. The normalized spacial score (nSPS) is 12.6. The maximum Gasteiger partial charge on any atom is 0.246 e. The van der Waals surface area contributed by atoms with E-state index >= 15 is 0 Å². The number of benzene rings is 1. The number of amides is 1. The molecule has 0 fully saturated rings. The minimum Gasteiger partial charge on any atom is -0.335 e. The Balaban J connectivity index is 2.04. The number of rotatable bonds is 4. The van der Waals surface area contributed by atoms with E-state index in [1.807, 2.05) is 12.3 Å². The molecule has 0 aliphatic rings. The molecule has 1 amide bonds. The number of carbonyl (C=O) groups excluding carboxylic acids is 1. The van der Waals surface area contributed by atoms with Crippen LogP contribution in [0.2, 0.25) is 0 Å². The molecule has 0 aliphatic heterocycles. The van der Waals surface area contributed by atoms with Gasteiger partial charge in [0.25, 0.3) is 0 Å². The fraction of sp³-hybridized carbons (Fsp3) is 0.200. The molecule has 0 N–H and O–H groups in total. The van der Waals surface area contributed by atoms with Crippen molar-refractivity contribution in [2.24, 2.45) is 0 Å². The Morgan fingerprint density at radius 1 is 1.40 bits per heavy atom. The highest BCUT2D eigenvalue weighted by Crippen LogP contribution is 2.19. The molecule has 2 aromatic rings. The summed E-state index contributed by atoms with van der Waals surface area (Å²) in [4.78, 5) is 17.7. The van der Waals surface area contributed by atoms with Crippen molar-refractivity contribution < 1.29 is 9.18 Å². The second-order valence-corrected chi connectivity index (χ2v) is 5.14. The van der Waals surface area contributed by atoms with E-state index in [0.29, 0.717) is 0 Å². The van der Waals surface area contributed by atoms with Crippen molar-refractivity contribution >= 4 is 23.3 Å². The van der Waals surface area contributed by atoms with E-state index in [4.69, 9.17) is 0 Å². The summed E-state index contributed by atoms with van der Waals surface area (Å²) in [5, 5.41) is 1.87. The lowest BCUT2D eigenvalue weighted by atomic mass is 10.1. The van der Waals surface area contributed by atoms with Crippen molar-refractivity contribution in [2.75, 3.05) is 7.05 Å². The molecular weight excluding hydrogens is 275 g/mol. The number of carbonyl (C=O) groups is 1. The number of halogens is 1. The third kappa shape index (κ3) is 3.51. The monoisotopic (exact) mass is 290 g/mol. The number of thiazole rings is 1. The molecule has 1 unspecified atom stereocenters. The number of hydrogen-bond donors (Lipinski definition) is 0. The fourth-order valence-electron chi connectivity index (χ4n) is 1.73. The molecular formula is C15H15FN2OS. The molecule has 0 aliphatic carbocycles. The predicted molar refractivity (Wildman–Crippen MR) is 78.7 cm³/mol. The maximum absolute atomic E-state index is 12.9. The Kier molecular flexibility index (Phi) is 4.63. The Morgan fingerprint density at radius 3 is 2.70 bits per heavy atom. The van der Waals surface area contributed by atoms with Crippen LogP contribution in [0.15, 0.2) is 41.2 Å². The summed E-state index contributed by atoms with van der Waals surface area (Å²) in [5.74, 6) is -0.395.